The van der Waals surface area contributed by atoms with Crippen molar-refractivity contribution in [1.29, 1.82) is 0 Å². The number of carboxylic acid groups (broad SMARTS) is 1. The van der Waals surface area contributed by atoms with Gasteiger partial charge in [0.2, 0.25) is 5.88 Å². The molecule has 0 aliphatic rings. The van der Waals surface area contributed by atoms with Crippen LogP contribution in [0.5, 0.6) is 11.6 Å². The number of carbonyl (C=O) groups is 1. The molecule has 0 saturated carbocycles. The Morgan fingerprint density at radius 3 is 2.79 bits per heavy atom. The van der Waals surface area contributed by atoms with E-state index in [1.807, 2.05) is 13.0 Å². The third-order valence-corrected chi connectivity index (χ3v) is 3.70. The molecule has 0 atom stereocenters. The Morgan fingerprint density at radius 1 is 1.42 bits per heavy atom. The average molecular weight is 343 g/mol. The fourth-order valence-electron chi connectivity index (χ4n) is 1.41. The van der Waals surface area contributed by atoms with E-state index in [-0.39, 0.29) is 10.6 Å². The summed E-state index contributed by atoms with van der Waals surface area (Å²) in [6.45, 7) is 1.91. The lowest BCUT2D eigenvalue weighted by Gasteiger charge is -2.09. The summed E-state index contributed by atoms with van der Waals surface area (Å²) in [6.07, 6.45) is 1.62. The van der Waals surface area contributed by atoms with E-state index in [1.54, 1.807) is 6.20 Å². The minimum absolute atomic E-state index is 0.105. The first-order valence-electron chi connectivity index (χ1n) is 5.31. The number of rotatable bonds is 3. The predicted molar refractivity (Wildman–Crippen MR) is 75.2 cm³/mol. The van der Waals surface area contributed by atoms with Gasteiger partial charge in [0.25, 0.3) is 0 Å². The van der Waals surface area contributed by atoms with Crippen LogP contribution in [0.25, 0.3) is 0 Å². The molecule has 0 bridgehead atoms. The Morgan fingerprint density at radius 2 is 2.16 bits per heavy atom. The van der Waals surface area contributed by atoms with Gasteiger partial charge >= 0.3 is 5.97 Å². The van der Waals surface area contributed by atoms with Crippen LogP contribution in [0.4, 0.5) is 0 Å². The summed E-state index contributed by atoms with van der Waals surface area (Å²) in [4.78, 5) is 14.9. The maximum atomic E-state index is 10.8. The van der Waals surface area contributed by atoms with Crippen molar-refractivity contribution < 1.29 is 14.6 Å². The van der Waals surface area contributed by atoms with E-state index >= 15 is 0 Å². The van der Waals surface area contributed by atoms with Crippen molar-refractivity contribution in [2.75, 3.05) is 0 Å². The molecule has 2 aromatic rings. The van der Waals surface area contributed by atoms with Gasteiger partial charge < -0.3 is 9.84 Å². The van der Waals surface area contributed by atoms with Crippen LogP contribution in [0.3, 0.4) is 0 Å². The minimum Gasteiger partial charge on any atom is -0.478 e. The van der Waals surface area contributed by atoms with E-state index in [0.29, 0.717) is 11.6 Å². The zero-order valence-electron chi connectivity index (χ0n) is 9.85. The van der Waals surface area contributed by atoms with Gasteiger partial charge in [-0.3, -0.25) is 0 Å². The molecule has 0 saturated heterocycles. The van der Waals surface area contributed by atoms with Crippen molar-refractivity contribution in [3.05, 3.63) is 51.1 Å². The second kappa shape index (κ2) is 5.59. The molecule has 1 aromatic heterocycles. The van der Waals surface area contributed by atoms with Gasteiger partial charge in [0, 0.05) is 6.20 Å². The van der Waals surface area contributed by atoms with Gasteiger partial charge in [-0.2, -0.15) is 0 Å². The molecule has 4 nitrogen and oxygen atoms in total. The molecular formula is C13H9BrClNO3. The summed E-state index contributed by atoms with van der Waals surface area (Å²) in [7, 11) is 0. The fraction of sp³-hybridized carbons (Fsp3) is 0.0769. The number of aryl methyl sites for hydroxylation is 1. The molecule has 6 heteroatoms. The SMILES string of the molecule is Cc1ccnc(Oc2ccc(C(=O)O)cc2Cl)c1Br. The van der Waals surface area contributed by atoms with E-state index in [0.717, 1.165) is 10.0 Å². The molecule has 0 radical (unpaired) electrons. The van der Waals surface area contributed by atoms with Gasteiger partial charge in [-0.1, -0.05) is 11.6 Å². The summed E-state index contributed by atoms with van der Waals surface area (Å²) in [5, 5.41) is 9.07. The zero-order chi connectivity index (χ0) is 14.0. The molecule has 0 amide bonds. The van der Waals surface area contributed by atoms with Crippen LogP contribution in [0.2, 0.25) is 5.02 Å². The van der Waals surface area contributed by atoms with Crippen molar-refractivity contribution in [1.82, 2.24) is 4.98 Å². The number of hydrogen-bond acceptors (Lipinski definition) is 3. The molecule has 2 rings (SSSR count). The topological polar surface area (TPSA) is 59.4 Å². The first-order chi connectivity index (χ1) is 8.99. The number of hydrogen-bond donors (Lipinski definition) is 1. The standard InChI is InChI=1S/C13H9BrClNO3/c1-7-4-5-16-12(11(7)14)19-10-3-2-8(13(17)18)6-9(10)15/h2-6H,1H3,(H,17,18). The van der Waals surface area contributed by atoms with Crippen LogP contribution in [-0.4, -0.2) is 16.1 Å². The summed E-state index contributed by atoms with van der Waals surface area (Å²) in [5.74, 6) is -0.307. The molecule has 98 valence electrons. The predicted octanol–water partition coefficient (Wildman–Crippen LogP) is 4.30. The average Bonchev–Trinajstić information content (AvgIpc) is 2.37. The van der Waals surface area contributed by atoms with Crippen molar-refractivity contribution in [3.63, 3.8) is 0 Å². The molecule has 19 heavy (non-hydrogen) atoms. The molecular weight excluding hydrogens is 334 g/mol. The number of carboxylic acids is 1. The number of benzene rings is 1. The van der Waals surface area contributed by atoms with Crippen molar-refractivity contribution in [3.8, 4) is 11.6 Å². The normalized spacial score (nSPS) is 10.3. The molecule has 1 N–H and O–H groups in total. The van der Waals surface area contributed by atoms with Crippen molar-refractivity contribution in [2.45, 2.75) is 6.92 Å². The summed E-state index contributed by atoms with van der Waals surface area (Å²) in [5.41, 5.74) is 1.08. The van der Waals surface area contributed by atoms with Crippen LogP contribution >= 0.6 is 27.5 Å². The number of halogens is 2. The first-order valence-corrected chi connectivity index (χ1v) is 6.48. The van der Waals surface area contributed by atoms with Crippen LogP contribution in [-0.2, 0) is 0 Å². The summed E-state index contributed by atoms with van der Waals surface area (Å²) in [6, 6.07) is 6.10. The number of pyridine rings is 1. The Labute approximate surface area is 123 Å². The maximum Gasteiger partial charge on any atom is 0.335 e. The lowest BCUT2D eigenvalue weighted by atomic mass is 10.2. The van der Waals surface area contributed by atoms with Gasteiger partial charge in [0.05, 0.1) is 15.1 Å². The zero-order valence-corrected chi connectivity index (χ0v) is 12.2. The Balaban J connectivity index is 2.34. The summed E-state index contributed by atoms with van der Waals surface area (Å²) < 4.78 is 6.30. The van der Waals surface area contributed by atoms with E-state index in [4.69, 9.17) is 21.4 Å². The molecule has 0 aliphatic heterocycles. The molecule has 0 fully saturated rings. The number of nitrogens with zero attached hydrogens (tertiary/aromatic N) is 1. The van der Waals surface area contributed by atoms with Gasteiger partial charge in [-0.05, 0) is 52.7 Å². The molecule has 1 aromatic carbocycles. The smallest absolute Gasteiger partial charge is 0.335 e. The van der Waals surface area contributed by atoms with E-state index < -0.39 is 5.97 Å². The molecule has 0 unspecified atom stereocenters. The highest BCUT2D eigenvalue weighted by Gasteiger charge is 2.11. The Hall–Kier alpha value is -1.59. The van der Waals surface area contributed by atoms with E-state index in [1.165, 1.54) is 18.2 Å². The van der Waals surface area contributed by atoms with Gasteiger partial charge in [0.1, 0.15) is 5.75 Å². The van der Waals surface area contributed by atoms with Gasteiger partial charge in [-0.15, -0.1) is 0 Å². The lowest BCUT2D eigenvalue weighted by Crippen LogP contribution is -1.97. The van der Waals surface area contributed by atoms with Crippen LogP contribution in [0, 0.1) is 6.92 Å². The quantitative estimate of drug-likeness (QED) is 0.903. The van der Waals surface area contributed by atoms with Crippen molar-refractivity contribution >= 4 is 33.5 Å². The lowest BCUT2D eigenvalue weighted by molar-refractivity contribution is 0.0697. The molecule has 1 heterocycles. The minimum atomic E-state index is -1.04. The highest BCUT2D eigenvalue weighted by atomic mass is 79.9. The second-order valence-electron chi connectivity index (χ2n) is 3.80. The number of aromatic carboxylic acids is 1. The molecule has 0 aliphatic carbocycles. The fourth-order valence-corrected chi connectivity index (χ4v) is 1.94. The van der Waals surface area contributed by atoms with E-state index in [9.17, 15) is 4.79 Å². The van der Waals surface area contributed by atoms with Gasteiger partial charge in [0.15, 0.2) is 0 Å². The Bertz CT molecular complexity index is 646. The third-order valence-electron chi connectivity index (χ3n) is 2.44. The monoisotopic (exact) mass is 341 g/mol. The number of aromatic nitrogens is 1. The first kappa shape index (κ1) is 13.8. The molecule has 0 spiro atoms. The van der Waals surface area contributed by atoms with Crippen molar-refractivity contribution in [2.24, 2.45) is 0 Å². The van der Waals surface area contributed by atoms with Crippen LogP contribution < -0.4 is 4.74 Å². The van der Waals surface area contributed by atoms with Crippen LogP contribution in [0.1, 0.15) is 15.9 Å². The third kappa shape index (κ3) is 3.05. The number of ether oxygens (including phenoxy) is 1. The van der Waals surface area contributed by atoms with Crippen LogP contribution in [0.15, 0.2) is 34.9 Å². The second-order valence-corrected chi connectivity index (χ2v) is 5.00. The highest BCUT2D eigenvalue weighted by Crippen LogP contribution is 2.33. The van der Waals surface area contributed by atoms with Gasteiger partial charge in [-0.25, -0.2) is 9.78 Å². The Kier molecular flexibility index (Phi) is 4.07. The van der Waals surface area contributed by atoms with E-state index in [2.05, 4.69) is 20.9 Å². The largest absolute Gasteiger partial charge is 0.478 e. The maximum absolute atomic E-state index is 10.8. The highest BCUT2D eigenvalue weighted by molar-refractivity contribution is 9.10. The summed E-state index contributed by atoms with van der Waals surface area (Å²) >= 11 is 9.36.